The second kappa shape index (κ2) is 5.73. The molecule has 0 aromatic heterocycles. The Morgan fingerprint density at radius 1 is 1.32 bits per heavy atom. The quantitative estimate of drug-likeness (QED) is 0.773. The topological polar surface area (TPSA) is 44.8 Å². The van der Waals surface area contributed by atoms with Crippen LogP contribution in [-0.4, -0.2) is 24.8 Å². The largest absolute Gasteiger partial charge is 0.487 e. The lowest BCUT2D eigenvalue weighted by Gasteiger charge is -2.63. The molecule has 25 heavy (non-hydrogen) atoms. The third-order valence-electron chi connectivity index (χ3n) is 7.06. The number of hydrogen-bond acceptors (Lipinski definition) is 4. The maximum atomic E-state index is 11.8. The zero-order valence-electron chi connectivity index (χ0n) is 15.6. The summed E-state index contributed by atoms with van der Waals surface area (Å²) < 4.78 is 18.6. The van der Waals surface area contributed by atoms with E-state index in [-0.39, 0.29) is 29.0 Å². The Kier molecular flexibility index (Phi) is 3.87. The zero-order chi connectivity index (χ0) is 17.8. The first kappa shape index (κ1) is 16.9. The molecule has 1 aromatic rings. The fourth-order valence-corrected chi connectivity index (χ4v) is 5.57. The summed E-state index contributed by atoms with van der Waals surface area (Å²) in [5.41, 5.74) is 0.794. The van der Waals surface area contributed by atoms with E-state index in [9.17, 15) is 4.79 Å². The van der Waals surface area contributed by atoms with Gasteiger partial charge in [-0.2, -0.15) is 0 Å². The smallest absolute Gasteiger partial charge is 0.305 e. The molecule has 1 saturated carbocycles. The van der Waals surface area contributed by atoms with E-state index in [4.69, 9.17) is 14.2 Å². The normalized spacial score (nSPS) is 41.4. The van der Waals surface area contributed by atoms with E-state index in [0.717, 1.165) is 17.7 Å². The van der Waals surface area contributed by atoms with Crippen molar-refractivity contribution in [2.75, 3.05) is 13.2 Å². The molecule has 0 unspecified atom stereocenters. The lowest BCUT2D eigenvalue weighted by atomic mass is 9.50. The number of carbonyl (C=O) groups is 1. The van der Waals surface area contributed by atoms with Gasteiger partial charge in [-0.25, -0.2) is 0 Å². The van der Waals surface area contributed by atoms with Crippen LogP contribution in [0.1, 0.15) is 52.2 Å². The molecule has 3 aliphatic rings. The lowest BCUT2D eigenvalue weighted by Crippen LogP contribution is -2.66. The molecule has 6 atom stereocenters. The SMILES string of the molecule is CCC(=O)OC[C@@]12CO[C@@H]3c4ccccc4O[C@](C)(C[C@@H]1C)[C@@H]3[C@H]2C. The molecule has 1 saturated heterocycles. The van der Waals surface area contributed by atoms with Crippen LogP contribution in [0.3, 0.4) is 0 Å². The van der Waals surface area contributed by atoms with Gasteiger partial charge in [0.05, 0.1) is 19.3 Å². The highest BCUT2D eigenvalue weighted by Crippen LogP contribution is 2.63. The molecule has 4 nitrogen and oxygen atoms in total. The third kappa shape index (κ3) is 2.33. The number of benzene rings is 1. The van der Waals surface area contributed by atoms with E-state index in [1.807, 2.05) is 13.0 Å². The van der Waals surface area contributed by atoms with Gasteiger partial charge in [0.1, 0.15) is 11.4 Å². The van der Waals surface area contributed by atoms with Crippen molar-refractivity contribution < 1.29 is 19.0 Å². The van der Waals surface area contributed by atoms with Gasteiger partial charge in [0.2, 0.25) is 0 Å². The van der Waals surface area contributed by atoms with Crippen LogP contribution in [0.4, 0.5) is 0 Å². The van der Waals surface area contributed by atoms with Gasteiger partial charge in [0.15, 0.2) is 0 Å². The van der Waals surface area contributed by atoms with E-state index in [1.165, 1.54) is 0 Å². The molecule has 2 bridgehead atoms. The Morgan fingerprint density at radius 3 is 2.84 bits per heavy atom. The van der Waals surface area contributed by atoms with Crippen molar-refractivity contribution in [3.05, 3.63) is 29.8 Å². The van der Waals surface area contributed by atoms with E-state index < -0.39 is 0 Å². The summed E-state index contributed by atoms with van der Waals surface area (Å²) in [6, 6.07) is 8.24. The van der Waals surface area contributed by atoms with Crippen molar-refractivity contribution in [2.24, 2.45) is 23.2 Å². The Balaban J connectivity index is 1.72. The molecule has 2 heterocycles. The third-order valence-corrected chi connectivity index (χ3v) is 7.06. The standard InChI is InChI=1S/C21H28O4/c1-5-17(22)23-11-21-12-24-19-15-8-6-7-9-16(15)25-20(4,10-13(21)2)18(19)14(21)3/h6-9,13-14,18-19H,5,10-12H2,1-4H3/t13-,14+,18+,19+,20+,21+/m0/s1. The molecule has 0 radical (unpaired) electrons. The molecule has 0 N–H and O–H groups in total. The average molecular weight is 344 g/mol. The van der Waals surface area contributed by atoms with Crippen molar-refractivity contribution in [3.63, 3.8) is 0 Å². The number of rotatable bonds is 3. The number of carbonyl (C=O) groups excluding carboxylic acids is 1. The van der Waals surface area contributed by atoms with Crippen LogP contribution in [0.5, 0.6) is 5.75 Å². The minimum atomic E-state index is -0.240. The van der Waals surface area contributed by atoms with Gasteiger partial charge in [-0.1, -0.05) is 39.0 Å². The fraction of sp³-hybridized carbons (Fsp3) is 0.667. The van der Waals surface area contributed by atoms with Crippen molar-refractivity contribution in [1.29, 1.82) is 0 Å². The first-order chi connectivity index (χ1) is 11.9. The van der Waals surface area contributed by atoms with Crippen molar-refractivity contribution in [3.8, 4) is 5.75 Å². The number of fused-ring (bicyclic) bond motifs is 3. The van der Waals surface area contributed by atoms with Gasteiger partial charge in [-0.3, -0.25) is 4.79 Å². The van der Waals surface area contributed by atoms with Crippen molar-refractivity contribution in [2.45, 2.75) is 52.2 Å². The Labute approximate surface area is 149 Å². The zero-order valence-corrected chi connectivity index (χ0v) is 15.6. The molecular weight excluding hydrogens is 316 g/mol. The van der Waals surface area contributed by atoms with Gasteiger partial charge in [-0.15, -0.1) is 0 Å². The molecule has 1 aromatic carbocycles. The second-order valence-electron chi connectivity index (χ2n) is 8.35. The minimum absolute atomic E-state index is 0.0625. The number of ether oxygens (including phenoxy) is 3. The van der Waals surface area contributed by atoms with Gasteiger partial charge in [0.25, 0.3) is 0 Å². The highest BCUT2D eigenvalue weighted by Gasteiger charge is 2.64. The molecule has 0 amide bonds. The Morgan fingerprint density at radius 2 is 2.08 bits per heavy atom. The highest BCUT2D eigenvalue weighted by molar-refractivity contribution is 5.68. The Hall–Kier alpha value is -1.55. The van der Waals surface area contributed by atoms with Gasteiger partial charge >= 0.3 is 5.97 Å². The minimum Gasteiger partial charge on any atom is -0.487 e. The first-order valence-electron chi connectivity index (χ1n) is 9.46. The average Bonchev–Trinajstić information content (AvgIpc) is 2.59. The molecule has 0 spiro atoms. The molecule has 1 aliphatic carbocycles. The summed E-state index contributed by atoms with van der Waals surface area (Å²) in [5, 5.41) is 0. The van der Waals surface area contributed by atoms with E-state index >= 15 is 0 Å². The van der Waals surface area contributed by atoms with Crippen molar-refractivity contribution >= 4 is 5.97 Å². The van der Waals surface area contributed by atoms with Crippen LogP contribution >= 0.6 is 0 Å². The van der Waals surface area contributed by atoms with Crippen LogP contribution in [0.15, 0.2) is 24.3 Å². The monoisotopic (exact) mass is 344 g/mol. The predicted octanol–water partition coefficient (Wildman–Crippen LogP) is 4.14. The number of para-hydroxylation sites is 1. The molecular formula is C21H28O4. The predicted molar refractivity (Wildman–Crippen MR) is 94.3 cm³/mol. The van der Waals surface area contributed by atoms with E-state index in [0.29, 0.717) is 31.5 Å². The summed E-state index contributed by atoms with van der Waals surface area (Å²) in [6.07, 6.45) is 1.44. The Bertz CT molecular complexity index is 686. The lowest BCUT2D eigenvalue weighted by molar-refractivity contribution is -0.262. The summed E-state index contributed by atoms with van der Waals surface area (Å²) in [6.45, 7) is 9.70. The highest BCUT2D eigenvalue weighted by atomic mass is 16.5. The molecule has 136 valence electrons. The van der Waals surface area contributed by atoms with Crippen LogP contribution in [0, 0.1) is 23.2 Å². The molecule has 2 fully saturated rings. The summed E-state index contributed by atoms with van der Waals surface area (Å²) >= 11 is 0. The maximum Gasteiger partial charge on any atom is 0.305 e. The molecule has 4 heteroatoms. The fourth-order valence-electron chi connectivity index (χ4n) is 5.57. The van der Waals surface area contributed by atoms with Crippen LogP contribution in [0.25, 0.3) is 0 Å². The first-order valence-corrected chi connectivity index (χ1v) is 9.46. The summed E-state index contributed by atoms with van der Waals surface area (Å²) in [7, 11) is 0. The second-order valence-corrected chi connectivity index (χ2v) is 8.35. The van der Waals surface area contributed by atoms with Crippen LogP contribution in [-0.2, 0) is 14.3 Å². The van der Waals surface area contributed by atoms with Crippen molar-refractivity contribution in [1.82, 2.24) is 0 Å². The van der Waals surface area contributed by atoms with Gasteiger partial charge in [-0.05, 0) is 31.2 Å². The maximum absolute atomic E-state index is 11.8. The number of hydrogen-bond donors (Lipinski definition) is 0. The van der Waals surface area contributed by atoms with Crippen LogP contribution in [0.2, 0.25) is 0 Å². The molecule has 4 rings (SSSR count). The van der Waals surface area contributed by atoms with Gasteiger partial charge < -0.3 is 14.2 Å². The van der Waals surface area contributed by atoms with Gasteiger partial charge in [0, 0.05) is 23.3 Å². The summed E-state index contributed by atoms with van der Waals surface area (Å²) in [4.78, 5) is 11.8. The van der Waals surface area contributed by atoms with Crippen LogP contribution < -0.4 is 4.74 Å². The number of esters is 1. The molecule has 2 aliphatic heterocycles. The van der Waals surface area contributed by atoms with E-state index in [1.54, 1.807) is 0 Å². The van der Waals surface area contributed by atoms with E-state index in [2.05, 4.69) is 39.0 Å². The summed E-state index contributed by atoms with van der Waals surface area (Å²) in [5.74, 6) is 1.82.